The van der Waals surface area contributed by atoms with Gasteiger partial charge in [0, 0.05) is 12.3 Å². The number of anilines is 1. The zero-order valence-corrected chi connectivity index (χ0v) is 16.4. The van der Waals surface area contributed by atoms with Gasteiger partial charge in [-0.3, -0.25) is 19.6 Å². The van der Waals surface area contributed by atoms with Crippen LogP contribution in [0.15, 0.2) is 67.2 Å². The number of nitrogens with one attached hydrogen (secondary N) is 1. The summed E-state index contributed by atoms with van der Waals surface area (Å²) in [4.78, 5) is 48.5. The van der Waals surface area contributed by atoms with Gasteiger partial charge in [-0.05, 0) is 30.3 Å². The molecule has 0 saturated heterocycles. The number of carbonyl (C=O) groups is 3. The lowest BCUT2D eigenvalue weighted by Gasteiger charge is -2.15. The second-order valence-corrected chi connectivity index (χ2v) is 6.34. The van der Waals surface area contributed by atoms with Crippen LogP contribution in [0.2, 0.25) is 0 Å². The van der Waals surface area contributed by atoms with Crippen LogP contribution < -0.4 is 5.32 Å². The Labute approximate surface area is 180 Å². The van der Waals surface area contributed by atoms with Crippen molar-refractivity contribution in [3.8, 4) is 23.0 Å². The van der Waals surface area contributed by atoms with Crippen LogP contribution in [0.1, 0.15) is 6.42 Å². The van der Waals surface area contributed by atoms with Crippen LogP contribution in [0.25, 0.3) is 23.0 Å². The first-order chi connectivity index (χ1) is 15.5. The first-order valence-corrected chi connectivity index (χ1v) is 9.16. The van der Waals surface area contributed by atoms with Gasteiger partial charge >= 0.3 is 5.97 Å². The largest absolute Gasteiger partial charge is 0.342 e. The van der Waals surface area contributed by atoms with Crippen LogP contribution in [0.5, 0.6) is 0 Å². The van der Waals surface area contributed by atoms with Crippen molar-refractivity contribution in [3.05, 3.63) is 67.2 Å². The van der Waals surface area contributed by atoms with Gasteiger partial charge in [-0.1, -0.05) is 12.6 Å². The van der Waals surface area contributed by atoms with Gasteiger partial charge in [-0.25, -0.2) is 4.79 Å². The number of amides is 2. The summed E-state index contributed by atoms with van der Waals surface area (Å²) < 4.78 is 0. The molecule has 0 unspecified atom stereocenters. The number of hydrogen-bond acceptors (Lipinski definition) is 10. The summed E-state index contributed by atoms with van der Waals surface area (Å²) >= 11 is 0. The first-order valence-electron chi connectivity index (χ1n) is 9.16. The summed E-state index contributed by atoms with van der Waals surface area (Å²) in [7, 11) is 0. The number of nitrogens with zero attached hydrogens (tertiary/aromatic N) is 7. The van der Waals surface area contributed by atoms with Crippen LogP contribution in [0, 0.1) is 0 Å². The van der Waals surface area contributed by atoms with Crippen molar-refractivity contribution in [2.24, 2.45) is 0 Å². The fourth-order valence-electron chi connectivity index (χ4n) is 2.55. The molecule has 4 rings (SSSR count). The molecule has 0 fully saturated rings. The quantitative estimate of drug-likeness (QED) is 0.562. The van der Waals surface area contributed by atoms with Crippen LogP contribution in [0.3, 0.4) is 0 Å². The molecule has 3 aromatic rings. The van der Waals surface area contributed by atoms with Crippen molar-refractivity contribution >= 4 is 23.5 Å². The Morgan fingerprint density at radius 2 is 1.69 bits per heavy atom. The van der Waals surface area contributed by atoms with Crippen molar-refractivity contribution in [2.45, 2.75) is 6.42 Å². The van der Waals surface area contributed by atoms with E-state index >= 15 is 0 Å². The van der Waals surface area contributed by atoms with Crippen LogP contribution in [-0.2, 0) is 19.2 Å². The van der Waals surface area contributed by atoms with Crippen LogP contribution in [-0.4, -0.2) is 53.2 Å². The lowest BCUT2D eigenvalue weighted by Crippen LogP contribution is -2.29. The van der Waals surface area contributed by atoms with Gasteiger partial charge in [0.25, 0.3) is 5.91 Å². The predicted molar refractivity (Wildman–Crippen MR) is 109 cm³/mol. The van der Waals surface area contributed by atoms with Gasteiger partial charge in [0.1, 0.15) is 17.8 Å². The zero-order chi connectivity index (χ0) is 22.5. The number of rotatable bonds is 6. The maximum Gasteiger partial charge on any atom is 0.342 e. The number of hydrogen-bond donors (Lipinski definition) is 1. The van der Waals surface area contributed by atoms with E-state index in [9.17, 15) is 14.4 Å². The molecule has 12 heteroatoms. The van der Waals surface area contributed by atoms with Gasteiger partial charge in [-0.2, -0.15) is 0 Å². The third-order valence-electron chi connectivity index (χ3n) is 4.03. The zero-order valence-electron chi connectivity index (χ0n) is 16.4. The van der Waals surface area contributed by atoms with Crippen LogP contribution >= 0.6 is 0 Å². The summed E-state index contributed by atoms with van der Waals surface area (Å²) in [5.41, 5.74) is 1.45. The number of allylic oxidation sites excluding steroid dienone is 1. The maximum atomic E-state index is 12.1. The minimum Gasteiger partial charge on any atom is -0.332 e. The van der Waals surface area contributed by atoms with E-state index in [0.29, 0.717) is 22.1 Å². The predicted octanol–water partition coefficient (Wildman–Crippen LogP) is 1.09. The molecule has 0 radical (unpaired) electrons. The summed E-state index contributed by atoms with van der Waals surface area (Å²) in [6.45, 7) is 3.55. The van der Waals surface area contributed by atoms with E-state index in [-0.39, 0.29) is 17.3 Å². The van der Waals surface area contributed by atoms with E-state index in [1.54, 1.807) is 36.5 Å². The second-order valence-electron chi connectivity index (χ2n) is 6.34. The molecule has 2 amide bonds. The highest BCUT2D eigenvalue weighted by Crippen LogP contribution is 2.16. The Morgan fingerprint density at radius 3 is 2.25 bits per heavy atom. The van der Waals surface area contributed by atoms with Gasteiger partial charge in [0.05, 0.1) is 17.6 Å². The highest BCUT2D eigenvalue weighted by molar-refractivity contribution is 6.02. The van der Waals surface area contributed by atoms with Crippen molar-refractivity contribution in [1.29, 1.82) is 0 Å². The third kappa shape index (κ3) is 4.64. The molecular weight excluding hydrogens is 416 g/mol. The molecule has 158 valence electrons. The van der Waals surface area contributed by atoms with Crippen molar-refractivity contribution < 1.29 is 19.2 Å². The van der Waals surface area contributed by atoms with Gasteiger partial charge < -0.3 is 10.2 Å². The Morgan fingerprint density at radius 1 is 0.969 bits per heavy atom. The molecule has 32 heavy (non-hydrogen) atoms. The van der Waals surface area contributed by atoms with E-state index in [1.165, 1.54) is 18.3 Å². The molecule has 12 nitrogen and oxygen atoms in total. The van der Waals surface area contributed by atoms with Crippen LogP contribution in [0.4, 0.5) is 5.69 Å². The minimum absolute atomic E-state index is 0.190. The molecule has 0 spiro atoms. The lowest BCUT2D eigenvalue weighted by atomic mass is 10.3. The molecule has 0 bridgehead atoms. The Hall–Kier alpha value is -4.87. The fourth-order valence-corrected chi connectivity index (χ4v) is 2.55. The van der Waals surface area contributed by atoms with Crippen molar-refractivity contribution in [2.75, 3.05) is 5.32 Å². The van der Waals surface area contributed by atoms with Crippen molar-refractivity contribution in [1.82, 2.24) is 35.4 Å². The molecule has 0 aliphatic carbocycles. The van der Waals surface area contributed by atoms with Gasteiger partial charge in [0.2, 0.25) is 17.6 Å². The van der Waals surface area contributed by atoms with Gasteiger partial charge in [0.15, 0.2) is 0 Å². The summed E-state index contributed by atoms with van der Waals surface area (Å²) in [5, 5.41) is 19.2. The summed E-state index contributed by atoms with van der Waals surface area (Å²) in [6, 6.07) is 8.42. The lowest BCUT2D eigenvalue weighted by molar-refractivity contribution is -0.185. The van der Waals surface area contributed by atoms with E-state index in [2.05, 4.69) is 42.3 Å². The Bertz CT molecular complexity index is 1190. The monoisotopic (exact) mass is 430 g/mol. The smallest absolute Gasteiger partial charge is 0.332 e. The molecule has 3 aromatic heterocycles. The summed E-state index contributed by atoms with van der Waals surface area (Å²) in [6.07, 6.45) is 4.96. The van der Waals surface area contributed by atoms with E-state index in [1.807, 2.05) is 0 Å². The van der Waals surface area contributed by atoms with Crippen molar-refractivity contribution in [3.63, 3.8) is 0 Å². The van der Waals surface area contributed by atoms with E-state index < -0.39 is 24.2 Å². The average Bonchev–Trinajstić information content (AvgIpc) is 3.12. The Balaban J connectivity index is 1.33. The third-order valence-corrected chi connectivity index (χ3v) is 4.03. The second kappa shape index (κ2) is 8.87. The molecule has 4 heterocycles. The highest BCUT2D eigenvalue weighted by atomic mass is 16.7. The fraction of sp³-hybridized carbons (Fsp3) is 0.0500. The normalized spacial score (nSPS) is 12.7. The highest BCUT2D eigenvalue weighted by Gasteiger charge is 2.24. The molecule has 1 aliphatic rings. The number of aromatic nitrogens is 6. The number of pyridine rings is 2. The van der Waals surface area contributed by atoms with Gasteiger partial charge in [-0.15, -0.1) is 25.5 Å². The summed E-state index contributed by atoms with van der Waals surface area (Å²) in [5.74, 6) is -1.64. The molecular formula is C20H14N8O4. The standard InChI is InChI=1S/C20H14N8O4/c1-12-5-8-17(30)28(12)32-18(31)10-16(29)23-13-6-7-15(22-11-13)20-26-24-19(25-27-20)14-4-2-3-9-21-14/h2-9,11H,1,10H2,(H,23,29). The topological polar surface area (TPSA) is 153 Å². The molecule has 0 saturated carbocycles. The molecule has 1 aliphatic heterocycles. The Kier molecular flexibility index (Phi) is 5.66. The number of hydroxylamine groups is 2. The molecule has 0 atom stereocenters. The minimum atomic E-state index is -0.913. The number of carbonyl (C=O) groups excluding carboxylic acids is 3. The first kappa shape index (κ1) is 20.4. The van der Waals surface area contributed by atoms with E-state index in [4.69, 9.17) is 4.84 Å². The average molecular weight is 430 g/mol. The van der Waals surface area contributed by atoms with E-state index in [0.717, 1.165) is 0 Å². The molecule has 0 aromatic carbocycles. The maximum absolute atomic E-state index is 12.1. The SMILES string of the molecule is C=C1C=CC(=O)N1OC(=O)CC(=O)Nc1ccc(-c2nnc(-c3ccccn3)nn2)nc1. The molecule has 1 N–H and O–H groups in total.